The highest BCUT2D eigenvalue weighted by molar-refractivity contribution is 6.06. The molecule has 3 aromatic carbocycles. The van der Waals surface area contributed by atoms with Crippen molar-refractivity contribution >= 4 is 29.3 Å². The Labute approximate surface area is 218 Å². The topological polar surface area (TPSA) is 85.9 Å². The van der Waals surface area contributed by atoms with Crippen molar-refractivity contribution in [2.75, 3.05) is 30.5 Å². The fourth-order valence-corrected chi connectivity index (χ4v) is 3.51. The van der Waals surface area contributed by atoms with Crippen LogP contribution in [-0.2, 0) is 4.79 Å². The van der Waals surface area contributed by atoms with Crippen LogP contribution < -0.4 is 24.8 Å². The van der Waals surface area contributed by atoms with Gasteiger partial charge >= 0.3 is 0 Å². The maximum absolute atomic E-state index is 12.8. The SMILES string of the molecule is CCCCOc1ccccc1/C=C/C(=O)Nc1cc(OCC)c(NC(=O)c2ccccc2)cc1OCC. The van der Waals surface area contributed by atoms with E-state index in [9.17, 15) is 9.59 Å². The Hall–Kier alpha value is -4.26. The number of rotatable bonds is 13. The summed E-state index contributed by atoms with van der Waals surface area (Å²) in [6.45, 7) is 7.18. The Morgan fingerprint density at radius 2 is 1.38 bits per heavy atom. The zero-order chi connectivity index (χ0) is 26.5. The van der Waals surface area contributed by atoms with E-state index in [1.165, 1.54) is 6.08 Å². The molecular weight excluding hydrogens is 468 g/mol. The number of carbonyl (C=O) groups is 2. The minimum absolute atomic E-state index is 0.274. The molecule has 2 N–H and O–H groups in total. The average Bonchev–Trinajstić information content (AvgIpc) is 2.91. The maximum Gasteiger partial charge on any atom is 0.255 e. The van der Waals surface area contributed by atoms with Crippen molar-refractivity contribution in [3.63, 3.8) is 0 Å². The third-order valence-corrected chi connectivity index (χ3v) is 5.31. The first kappa shape index (κ1) is 27.3. The fourth-order valence-electron chi connectivity index (χ4n) is 3.51. The van der Waals surface area contributed by atoms with Gasteiger partial charge in [-0.2, -0.15) is 0 Å². The lowest BCUT2D eigenvalue weighted by Gasteiger charge is -2.17. The van der Waals surface area contributed by atoms with E-state index >= 15 is 0 Å². The van der Waals surface area contributed by atoms with Gasteiger partial charge in [0, 0.05) is 29.3 Å². The van der Waals surface area contributed by atoms with Gasteiger partial charge in [0.05, 0.1) is 31.2 Å². The van der Waals surface area contributed by atoms with E-state index in [1.807, 2.05) is 44.2 Å². The first-order valence-electron chi connectivity index (χ1n) is 12.6. The molecule has 0 aliphatic rings. The zero-order valence-electron chi connectivity index (χ0n) is 21.6. The number of benzene rings is 3. The Balaban J connectivity index is 1.81. The Bertz CT molecular complexity index is 1210. The van der Waals surface area contributed by atoms with E-state index < -0.39 is 0 Å². The van der Waals surface area contributed by atoms with Crippen molar-refractivity contribution in [3.8, 4) is 17.2 Å². The number of anilines is 2. The lowest BCUT2D eigenvalue weighted by molar-refractivity contribution is -0.111. The highest BCUT2D eigenvalue weighted by Crippen LogP contribution is 2.37. The summed E-state index contributed by atoms with van der Waals surface area (Å²) in [5.74, 6) is 0.951. The molecule has 3 aromatic rings. The van der Waals surface area contributed by atoms with Crippen LogP contribution in [-0.4, -0.2) is 31.6 Å². The van der Waals surface area contributed by atoms with Crippen molar-refractivity contribution in [1.82, 2.24) is 0 Å². The molecule has 3 rings (SSSR count). The number of hydrogen-bond donors (Lipinski definition) is 2. The number of hydrogen-bond acceptors (Lipinski definition) is 5. The summed E-state index contributed by atoms with van der Waals surface area (Å²) in [6, 6.07) is 19.8. The van der Waals surface area contributed by atoms with Crippen LogP contribution in [0.15, 0.2) is 72.8 Å². The second kappa shape index (κ2) is 14.3. The van der Waals surface area contributed by atoms with Crippen LogP contribution in [0.1, 0.15) is 49.5 Å². The molecule has 0 heterocycles. The van der Waals surface area contributed by atoms with Crippen LogP contribution in [0.3, 0.4) is 0 Å². The van der Waals surface area contributed by atoms with Crippen LogP contribution in [0.5, 0.6) is 17.2 Å². The molecule has 0 saturated carbocycles. The predicted molar refractivity (Wildman–Crippen MR) is 148 cm³/mol. The minimum atomic E-state index is -0.340. The lowest BCUT2D eigenvalue weighted by Crippen LogP contribution is -2.14. The number of carbonyl (C=O) groups excluding carboxylic acids is 2. The van der Waals surface area contributed by atoms with Crippen LogP contribution in [0.25, 0.3) is 6.08 Å². The molecule has 0 saturated heterocycles. The number of nitrogens with one attached hydrogen (secondary N) is 2. The molecule has 0 aromatic heterocycles. The van der Waals surface area contributed by atoms with Crippen LogP contribution in [0, 0.1) is 0 Å². The molecule has 0 unspecified atom stereocenters. The van der Waals surface area contributed by atoms with Gasteiger partial charge in [0.15, 0.2) is 0 Å². The summed E-state index contributed by atoms with van der Waals surface area (Å²) in [5.41, 5.74) is 2.22. The Morgan fingerprint density at radius 3 is 2.03 bits per heavy atom. The third kappa shape index (κ3) is 8.14. The summed E-state index contributed by atoms with van der Waals surface area (Å²) < 4.78 is 17.4. The van der Waals surface area contributed by atoms with Crippen LogP contribution in [0.4, 0.5) is 11.4 Å². The highest BCUT2D eigenvalue weighted by atomic mass is 16.5. The maximum atomic E-state index is 12.8. The van der Waals surface area contributed by atoms with Gasteiger partial charge in [0.25, 0.3) is 5.91 Å². The fraction of sp³-hybridized carbons (Fsp3) is 0.267. The first-order chi connectivity index (χ1) is 18.0. The van der Waals surface area contributed by atoms with Crippen molar-refractivity contribution in [1.29, 1.82) is 0 Å². The smallest absolute Gasteiger partial charge is 0.255 e. The number of para-hydroxylation sites is 1. The van der Waals surface area contributed by atoms with Gasteiger partial charge in [-0.1, -0.05) is 49.7 Å². The van der Waals surface area contributed by atoms with Crippen LogP contribution >= 0.6 is 0 Å². The normalized spacial score (nSPS) is 10.7. The molecule has 0 atom stereocenters. The van der Waals surface area contributed by atoms with Gasteiger partial charge in [-0.25, -0.2) is 0 Å². The van der Waals surface area contributed by atoms with Crippen molar-refractivity contribution in [2.45, 2.75) is 33.6 Å². The molecule has 0 bridgehead atoms. The molecule has 2 amide bonds. The van der Waals surface area contributed by atoms with E-state index in [2.05, 4.69) is 17.6 Å². The molecule has 194 valence electrons. The van der Waals surface area contributed by atoms with Gasteiger partial charge in [-0.15, -0.1) is 0 Å². The van der Waals surface area contributed by atoms with E-state index in [-0.39, 0.29) is 11.8 Å². The summed E-state index contributed by atoms with van der Waals surface area (Å²) in [5, 5.41) is 5.74. The third-order valence-electron chi connectivity index (χ3n) is 5.31. The number of unbranched alkanes of at least 4 members (excludes halogenated alkanes) is 1. The first-order valence-corrected chi connectivity index (χ1v) is 12.6. The standard InChI is InChI=1S/C30H34N2O5/c1-4-7-19-37-26-16-12-11-13-22(26)17-18-29(33)31-24-20-28(36-6-3)25(21-27(24)35-5-2)32-30(34)23-14-9-8-10-15-23/h8-18,20-21H,4-7,19H2,1-3H3,(H,31,33)(H,32,34)/b18-17+. The quantitative estimate of drug-likeness (QED) is 0.204. The van der Waals surface area contributed by atoms with Gasteiger partial charge in [-0.05, 0) is 44.5 Å². The Kier molecular flexibility index (Phi) is 10.6. The molecule has 0 aliphatic carbocycles. The Morgan fingerprint density at radius 1 is 0.757 bits per heavy atom. The zero-order valence-corrected chi connectivity index (χ0v) is 21.6. The molecular formula is C30H34N2O5. The highest BCUT2D eigenvalue weighted by Gasteiger charge is 2.16. The summed E-state index contributed by atoms with van der Waals surface area (Å²) in [4.78, 5) is 25.6. The monoisotopic (exact) mass is 502 g/mol. The molecule has 37 heavy (non-hydrogen) atoms. The van der Waals surface area contributed by atoms with Gasteiger partial charge < -0.3 is 24.8 Å². The molecule has 7 nitrogen and oxygen atoms in total. The van der Waals surface area contributed by atoms with E-state index in [0.717, 1.165) is 24.2 Å². The van der Waals surface area contributed by atoms with Gasteiger partial charge in [0.2, 0.25) is 5.91 Å². The summed E-state index contributed by atoms with van der Waals surface area (Å²) in [6.07, 6.45) is 5.17. The second-order valence-electron chi connectivity index (χ2n) is 8.09. The molecule has 0 fully saturated rings. The molecule has 7 heteroatoms. The van der Waals surface area contributed by atoms with E-state index in [0.29, 0.717) is 48.3 Å². The van der Waals surface area contributed by atoms with Crippen molar-refractivity contribution in [2.24, 2.45) is 0 Å². The lowest BCUT2D eigenvalue weighted by atomic mass is 10.1. The van der Waals surface area contributed by atoms with Crippen molar-refractivity contribution in [3.05, 3.63) is 83.9 Å². The molecule has 0 aliphatic heterocycles. The minimum Gasteiger partial charge on any atom is -0.493 e. The largest absolute Gasteiger partial charge is 0.493 e. The van der Waals surface area contributed by atoms with Gasteiger partial charge in [-0.3, -0.25) is 9.59 Å². The van der Waals surface area contributed by atoms with E-state index in [4.69, 9.17) is 14.2 Å². The summed E-state index contributed by atoms with van der Waals surface area (Å²) >= 11 is 0. The molecule has 0 radical (unpaired) electrons. The van der Waals surface area contributed by atoms with Gasteiger partial charge in [0.1, 0.15) is 17.2 Å². The average molecular weight is 503 g/mol. The number of ether oxygens (including phenoxy) is 3. The van der Waals surface area contributed by atoms with Crippen molar-refractivity contribution < 1.29 is 23.8 Å². The molecule has 0 spiro atoms. The summed E-state index contributed by atoms with van der Waals surface area (Å²) in [7, 11) is 0. The van der Waals surface area contributed by atoms with E-state index in [1.54, 1.807) is 42.5 Å². The number of amides is 2. The second-order valence-corrected chi connectivity index (χ2v) is 8.09. The van der Waals surface area contributed by atoms with Crippen LogP contribution in [0.2, 0.25) is 0 Å². The predicted octanol–water partition coefficient (Wildman–Crippen LogP) is 6.57.